The van der Waals surface area contributed by atoms with Crippen molar-refractivity contribution in [2.45, 2.75) is 37.9 Å². The molecule has 7 heteroatoms. The van der Waals surface area contributed by atoms with Gasteiger partial charge >= 0.3 is 0 Å². The van der Waals surface area contributed by atoms with Crippen molar-refractivity contribution in [1.82, 2.24) is 8.71 Å². The van der Waals surface area contributed by atoms with Gasteiger partial charge in [-0.15, -0.1) is 0 Å². The average Bonchev–Trinajstić information content (AvgIpc) is 3.02. The zero-order valence-corrected chi connectivity index (χ0v) is 17.5. The quantitative estimate of drug-likeness (QED) is 0.617. The highest BCUT2D eigenvalue weighted by Gasteiger charge is 2.32. The second-order valence-corrected chi connectivity index (χ2v) is 9.55. The molecule has 1 saturated heterocycles. The number of carbonyl (C=O) groups is 1. The average molecular weight is 413 g/mol. The number of ether oxygens (including phenoxy) is 1. The highest BCUT2D eigenvalue weighted by Crippen LogP contribution is 2.24. The highest BCUT2D eigenvalue weighted by atomic mass is 32.2. The number of benzene rings is 1. The first-order valence-corrected chi connectivity index (χ1v) is 11.1. The van der Waals surface area contributed by atoms with Crippen LogP contribution in [0, 0.1) is 6.92 Å². The molecule has 0 spiro atoms. The van der Waals surface area contributed by atoms with Crippen molar-refractivity contribution >= 4 is 21.3 Å². The van der Waals surface area contributed by atoms with Gasteiger partial charge in [0.2, 0.25) is 15.8 Å². The highest BCUT2D eigenvalue weighted by molar-refractivity contribution is 7.89. The lowest BCUT2D eigenvalue weighted by molar-refractivity contribution is -0.0440. The number of fused-ring (bicyclic) bond motifs is 1. The van der Waals surface area contributed by atoms with E-state index in [9.17, 15) is 13.2 Å². The third-order valence-corrected chi connectivity index (χ3v) is 7.03. The van der Waals surface area contributed by atoms with Crippen molar-refractivity contribution in [2.75, 3.05) is 13.1 Å². The fraction of sp³-hybridized carbons (Fsp3) is 0.318. The Labute approximate surface area is 170 Å². The molecule has 3 aromatic rings. The largest absolute Gasteiger partial charge is 0.373 e. The smallest absolute Gasteiger partial charge is 0.243 e. The van der Waals surface area contributed by atoms with Crippen LogP contribution < -0.4 is 0 Å². The van der Waals surface area contributed by atoms with Crippen LogP contribution in [0.15, 0.2) is 59.6 Å². The molecule has 1 fully saturated rings. The standard InChI is InChI=1S/C22H24N2O4S/c1-15-11-19-8-4-5-10-24(19)21(15)22(25)18-7-6-9-20(12-18)29(26,27)23-13-16(2)28-17(3)14-23/h4-12,16-17H,13-14H2,1-3H3/t16-,17+. The van der Waals surface area contributed by atoms with Gasteiger partial charge in [0.25, 0.3) is 0 Å². The van der Waals surface area contributed by atoms with Gasteiger partial charge in [0.15, 0.2) is 0 Å². The maximum atomic E-state index is 13.3. The summed E-state index contributed by atoms with van der Waals surface area (Å²) in [4.78, 5) is 13.4. The molecule has 2 atom stereocenters. The van der Waals surface area contributed by atoms with E-state index in [1.165, 1.54) is 10.4 Å². The van der Waals surface area contributed by atoms with E-state index >= 15 is 0 Å². The predicted octanol–water partition coefficient (Wildman–Crippen LogP) is 3.28. The summed E-state index contributed by atoms with van der Waals surface area (Å²) in [6.45, 7) is 6.20. The van der Waals surface area contributed by atoms with Crippen molar-refractivity contribution in [2.24, 2.45) is 0 Å². The van der Waals surface area contributed by atoms with Gasteiger partial charge < -0.3 is 9.14 Å². The summed E-state index contributed by atoms with van der Waals surface area (Å²) in [6, 6.07) is 14.0. The summed E-state index contributed by atoms with van der Waals surface area (Å²) in [5, 5.41) is 0. The minimum atomic E-state index is -3.71. The molecule has 0 amide bonds. The van der Waals surface area contributed by atoms with Crippen LogP contribution in [-0.4, -0.2) is 48.2 Å². The topological polar surface area (TPSA) is 68.1 Å². The van der Waals surface area contributed by atoms with E-state index in [1.54, 1.807) is 18.2 Å². The van der Waals surface area contributed by atoms with E-state index < -0.39 is 10.0 Å². The van der Waals surface area contributed by atoms with Gasteiger partial charge in [-0.25, -0.2) is 8.42 Å². The Morgan fingerprint density at radius 1 is 1.03 bits per heavy atom. The Hall–Kier alpha value is -2.48. The zero-order valence-electron chi connectivity index (χ0n) is 16.7. The SMILES string of the molecule is Cc1cc2ccccn2c1C(=O)c1cccc(S(=O)(=O)N2C[C@@H](C)O[C@@H](C)C2)c1. The number of rotatable bonds is 4. The van der Waals surface area contributed by atoms with Crippen molar-refractivity contribution in [1.29, 1.82) is 0 Å². The molecule has 0 aliphatic carbocycles. The van der Waals surface area contributed by atoms with E-state index in [2.05, 4.69) is 0 Å². The number of hydrogen-bond acceptors (Lipinski definition) is 4. The van der Waals surface area contributed by atoms with Crippen molar-refractivity contribution in [3.05, 3.63) is 71.5 Å². The zero-order chi connectivity index (χ0) is 20.8. The van der Waals surface area contributed by atoms with Gasteiger partial charge in [-0.1, -0.05) is 18.2 Å². The van der Waals surface area contributed by atoms with Crippen LogP contribution in [0.4, 0.5) is 0 Å². The van der Waals surface area contributed by atoms with Gasteiger partial charge in [-0.2, -0.15) is 4.31 Å². The molecule has 0 saturated carbocycles. The van der Waals surface area contributed by atoms with E-state index in [-0.39, 0.29) is 22.9 Å². The van der Waals surface area contributed by atoms with E-state index in [4.69, 9.17) is 4.74 Å². The summed E-state index contributed by atoms with van der Waals surface area (Å²) in [7, 11) is -3.71. The van der Waals surface area contributed by atoms with Gasteiger partial charge in [0.05, 0.1) is 22.8 Å². The molecule has 3 heterocycles. The van der Waals surface area contributed by atoms with Crippen LogP contribution >= 0.6 is 0 Å². The molecular weight excluding hydrogens is 388 g/mol. The van der Waals surface area contributed by atoms with Crippen molar-refractivity contribution in [3.63, 3.8) is 0 Å². The molecule has 29 heavy (non-hydrogen) atoms. The Morgan fingerprint density at radius 2 is 1.76 bits per heavy atom. The Bertz CT molecular complexity index is 1170. The van der Waals surface area contributed by atoms with E-state index in [0.29, 0.717) is 24.3 Å². The monoisotopic (exact) mass is 412 g/mol. The maximum absolute atomic E-state index is 13.3. The number of nitrogens with zero attached hydrogens (tertiary/aromatic N) is 2. The summed E-state index contributed by atoms with van der Waals surface area (Å²) in [5.41, 5.74) is 2.68. The lowest BCUT2D eigenvalue weighted by Gasteiger charge is -2.34. The molecule has 0 N–H and O–H groups in total. The Balaban J connectivity index is 1.72. The van der Waals surface area contributed by atoms with Crippen LogP contribution in [0.2, 0.25) is 0 Å². The minimum absolute atomic E-state index is 0.128. The second kappa shape index (κ2) is 7.40. The molecule has 0 radical (unpaired) electrons. The molecular formula is C22H24N2O4S. The third-order valence-electron chi connectivity index (χ3n) is 5.21. The Morgan fingerprint density at radius 3 is 2.48 bits per heavy atom. The van der Waals surface area contributed by atoms with Crippen LogP contribution in [0.5, 0.6) is 0 Å². The van der Waals surface area contributed by atoms with Gasteiger partial charge in [0.1, 0.15) is 0 Å². The normalized spacial score (nSPS) is 20.8. The molecule has 4 rings (SSSR count). The minimum Gasteiger partial charge on any atom is -0.373 e. The lowest BCUT2D eigenvalue weighted by atomic mass is 10.1. The second-order valence-electron chi connectivity index (χ2n) is 7.61. The maximum Gasteiger partial charge on any atom is 0.243 e. The summed E-state index contributed by atoms with van der Waals surface area (Å²) >= 11 is 0. The fourth-order valence-corrected chi connectivity index (χ4v) is 5.59. The van der Waals surface area contributed by atoms with Crippen molar-refractivity contribution < 1.29 is 17.9 Å². The fourth-order valence-electron chi connectivity index (χ4n) is 3.96. The van der Waals surface area contributed by atoms with Gasteiger partial charge in [-0.05, 0) is 56.7 Å². The predicted molar refractivity (Wildman–Crippen MR) is 111 cm³/mol. The number of sulfonamides is 1. The molecule has 2 aromatic heterocycles. The number of hydrogen-bond donors (Lipinski definition) is 0. The van der Waals surface area contributed by atoms with Crippen molar-refractivity contribution in [3.8, 4) is 0 Å². The van der Waals surface area contributed by atoms with Crippen LogP contribution in [0.25, 0.3) is 5.52 Å². The molecule has 1 aliphatic heterocycles. The Kier molecular flexibility index (Phi) is 5.06. The van der Waals surface area contributed by atoms with Crippen LogP contribution in [0.1, 0.15) is 35.5 Å². The first-order valence-electron chi connectivity index (χ1n) is 9.64. The number of ketones is 1. The number of aromatic nitrogens is 1. The number of pyridine rings is 1. The van der Waals surface area contributed by atoms with Crippen LogP contribution in [0.3, 0.4) is 0 Å². The van der Waals surface area contributed by atoms with E-state index in [1.807, 2.05) is 55.6 Å². The molecule has 1 aromatic carbocycles. The van der Waals surface area contributed by atoms with Gasteiger partial charge in [-0.3, -0.25) is 4.79 Å². The van der Waals surface area contributed by atoms with Gasteiger partial charge in [0, 0.05) is 30.4 Å². The molecule has 152 valence electrons. The lowest BCUT2D eigenvalue weighted by Crippen LogP contribution is -2.48. The van der Waals surface area contributed by atoms with E-state index in [0.717, 1.165) is 11.1 Å². The summed E-state index contributed by atoms with van der Waals surface area (Å²) < 4.78 is 35.3. The third kappa shape index (κ3) is 3.61. The number of morpholine rings is 1. The first kappa shape index (κ1) is 19.8. The number of carbonyl (C=O) groups excluding carboxylic acids is 1. The number of aryl methyl sites for hydroxylation is 1. The summed E-state index contributed by atoms with van der Waals surface area (Å²) in [6.07, 6.45) is 1.49. The van der Waals surface area contributed by atoms with Crippen LogP contribution in [-0.2, 0) is 14.8 Å². The summed E-state index contributed by atoms with van der Waals surface area (Å²) in [5.74, 6) is -0.200. The molecule has 0 unspecified atom stereocenters. The first-order chi connectivity index (χ1) is 13.8. The molecule has 1 aliphatic rings. The molecule has 0 bridgehead atoms. The molecule has 6 nitrogen and oxygen atoms in total.